The van der Waals surface area contributed by atoms with Crippen LogP contribution in [-0.2, 0) is 7.05 Å². The second-order valence-corrected chi connectivity index (χ2v) is 10.9. The van der Waals surface area contributed by atoms with Gasteiger partial charge in [0.2, 0.25) is 5.95 Å². The maximum absolute atomic E-state index is 15.1. The largest absolute Gasteiger partial charge is 0.489 e. The third kappa shape index (κ3) is 5.57. The molecule has 5 rings (SSSR count). The van der Waals surface area contributed by atoms with Gasteiger partial charge in [-0.25, -0.2) is 18.6 Å². The molecule has 2 fully saturated rings. The zero-order chi connectivity index (χ0) is 27.9. The van der Waals surface area contributed by atoms with Crippen LogP contribution in [-0.4, -0.2) is 76.6 Å². The maximum Gasteiger partial charge on any atom is 0.368 e. The molecule has 0 saturated carbocycles. The van der Waals surface area contributed by atoms with Gasteiger partial charge in [0.1, 0.15) is 18.0 Å². The minimum absolute atomic E-state index is 0.0166. The van der Waals surface area contributed by atoms with E-state index in [0.717, 1.165) is 53.9 Å². The number of anilines is 3. The molecule has 12 nitrogen and oxygen atoms in total. The molecule has 2 aromatic heterocycles. The molecule has 2 saturated heterocycles. The van der Waals surface area contributed by atoms with Crippen molar-refractivity contribution in [2.45, 2.75) is 70.2 Å². The van der Waals surface area contributed by atoms with E-state index in [1.807, 2.05) is 0 Å². The van der Waals surface area contributed by atoms with Gasteiger partial charge in [0, 0.05) is 30.7 Å². The Labute approximate surface area is 224 Å². The number of hydrogen-bond donors (Lipinski definition) is 3. The number of aromatic nitrogens is 6. The van der Waals surface area contributed by atoms with E-state index in [-0.39, 0.29) is 47.1 Å². The van der Waals surface area contributed by atoms with Crippen molar-refractivity contribution in [1.82, 2.24) is 34.7 Å². The highest BCUT2D eigenvalue weighted by Crippen LogP contribution is 2.38. The van der Waals surface area contributed by atoms with Gasteiger partial charge in [-0.15, -0.1) is 0 Å². The molecule has 2 aliphatic rings. The van der Waals surface area contributed by atoms with Gasteiger partial charge in [-0.2, -0.15) is 14.3 Å². The number of tetrazole rings is 1. The van der Waals surface area contributed by atoms with E-state index < -0.39 is 23.4 Å². The molecule has 0 amide bonds. The van der Waals surface area contributed by atoms with Gasteiger partial charge in [-0.3, -0.25) is 4.90 Å². The van der Waals surface area contributed by atoms with E-state index in [9.17, 15) is 14.3 Å². The molecule has 210 valence electrons. The Kier molecular flexibility index (Phi) is 7.25. The van der Waals surface area contributed by atoms with Crippen LogP contribution in [0.2, 0.25) is 0 Å². The smallest absolute Gasteiger partial charge is 0.368 e. The second kappa shape index (κ2) is 10.5. The molecule has 4 heterocycles. The number of halogens is 2. The number of rotatable bonds is 8. The van der Waals surface area contributed by atoms with Crippen molar-refractivity contribution in [2.75, 3.05) is 23.8 Å². The Balaban J connectivity index is 1.41. The number of benzene rings is 1. The van der Waals surface area contributed by atoms with Crippen molar-refractivity contribution in [2.24, 2.45) is 7.05 Å². The Hall–Kier alpha value is -3.65. The second-order valence-electron chi connectivity index (χ2n) is 10.9. The molecule has 1 aromatic carbocycles. The van der Waals surface area contributed by atoms with Crippen LogP contribution in [0.15, 0.2) is 23.1 Å². The van der Waals surface area contributed by atoms with Crippen LogP contribution in [0, 0.1) is 11.6 Å². The average molecular weight is 546 g/mol. The Bertz CT molecular complexity index is 1410. The van der Waals surface area contributed by atoms with Crippen molar-refractivity contribution in [3.8, 4) is 11.4 Å². The van der Waals surface area contributed by atoms with Crippen molar-refractivity contribution in [1.29, 1.82) is 0 Å². The molecular weight excluding hydrogens is 512 g/mol. The van der Waals surface area contributed by atoms with E-state index in [4.69, 9.17) is 4.74 Å². The highest BCUT2D eigenvalue weighted by atomic mass is 19.1. The molecule has 3 atom stereocenters. The summed E-state index contributed by atoms with van der Waals surface area (Å²) in [6, 6.07) is 2.82. The summed E-state index contributed by atoms with van der Waals surface area (Å²) in [7, 11) is 1.42. The van der Waals surface area contributed by atoms with Crippen LogP contribution in [0.25, 0.3) is 5.69 Å². The third-order valence-electron chi connectivity index (χ3n) is 7.27. The first-order valence-electron chi connectivity index (χ1n) is 13.0. The lowest BCUT2D eigenvalue weighted by atomic mass is 9.84. The Morgan fingerprint density at radius 1 is 1.26 bits per heavy atom. The number of fused-ring (bicyclic) bond motifs is 1. The van der Waals surface area contributed by atoms with Gasteiger partial charge < -0.3 is 20.5 Å². The van der Waals surface area contributed by atoms with Crippen LogP contribution in [0.5, 0.6) is 5.75 Å². The first-order valence-corrected chi connectivity index (χ1v) is 13.0. The lowest BCUT2D eigenvalue weighted by Crippen LogP contribution is -2.55. The number of aryl methyl sites for hydroxylation is 1. The van der Waals surface area contributed by atoms with E-state index in [1.165, 1.54) is 20.0 Å². The standard InChI is InChI=1S/C25H33F2N9O3/c1-14(37)13-39-21-9-17(26)19(10-20(21)36-24(38)34(4)32-33-36)30-23-28-12-18(27)22(31-23)29-15-8-16-6-5-7-35(16)25(2,3)11-15/h9-10,12,14-16,37H,5-8,11,13H2,1-4H3,(H2,28,29,30,31)/t14-,15-,16-/m1/s1. The maximum atomic E-state index is 15.1. The molecule has 0 unspecified atom stereocenters. The molecule has 0 bridgehead atoms. The van der Waals surface area contributed by atoms with Crippen molar-refractivity contribution >= 4 is 17.5 Å². The molecule has 14 heteroatoms. The summed E-state index contributed by atoms with van der Waals surface area (Å²) in [5.41, 5.74) is -0.610. The molecule has 0 radical (unpaired) electrons. The lowest BCUT2D eigenvalue weighted by molar-refractivity contribution is 0.0500. The van der Waals surface area contributed by atoms with Crippen molar-refractivity contribution in [3.05, 3.63) is 40.4 Å². The van der Waals surface area contributed by atoms with E-state index in [0.29, 0.717) is 6.04 Å². The highest BCUT2D eigenvalue weighted by molar-refractivity contribution is 5.63. The molecule has 2 aliphatic heterocycles. The minimum atomic E-state index is -0.831. The van der Waals surface area contributed by atoms with Crippen LogP contribution in [0.3, 0.4) is 0 Å². The van der Waals surface area contributed by atoms with E-state index in [1.54, 1.807) is 0 Å². The van der Waals surface area contributed by atoms with Crippen LogP contribution >= 0.6 is 0 Å². The Morgan fingerprint density at radius 3 is 2.77 bits per heavy atom. The van der Waals surface area contributed by atoms with Gasteiger partial charge in [-0.05, 0) is 69.5 Å². The van der Waals surface area contributed by atoms with Crippen LogP contribution in [0.1, 0.15) is 46.5 Å². The predicted octanol–water partition coefficient (Wildman–Crippen LogP) is 2.35. The number of aliphatic hydroxyl groups excluding tert-OH is 1. The summed E-state index contributed by atoms with van der Waals surface area (Å²) in [6.45, 7) is 6.87. The number of aliphatic hydroxyl groups is 1. The van der Waals surface area contributed by atoms with Gasteiger partial charge in [0.15, 0.2) is 17.5 Å². The zero-order valence-electron chi connectivity index (χ0n) is 22.4. The SMILES string of the molecule is C[C@@H](O)COc1cc(F)c(Nc2ncc(F)c(N[C@@H]3C[C@H]4CCCN4C(C)(C)C3)n2)cc1-n1nnn(C)c1=O. The summed E-state index contributed by atoms with van der Waals surface area (Å²) in [5.74, 6) is -1.38. The molecule has 3 N–H and O–H groups in total. The fourth-order valence-electron chi connectivity index (χ4n) is 5.56. The van der Waals surface area contributed by atoms with Gasteiger partial charge in [0.05, 0.1) is 18.0 Å². The van der Waals surface area contributed by atoms with Crippen molar-refractivity contribution < 1.29 is 18.6 Å². The summed E-state index contributed by atoms with van der Waals surface area (Å²) in [6.07, 6.45) is 4.19. The summed E-state index contributed by atoms with van der Waals surface area (Å²) < 4.78 is 37.4. The topological polar surface area (TPSA) is 135 Å². The first kappa shape index (κ1) is 26.9. The third-order valence-corrected chi connectivity index (χ3v) is 7.27. The summed E-state index contributed by atoms with van der Waals surface area (Å²) >= 11 is 0. The average Bonchev–Trinajstić information content (AvgIpc) is 3.48. The fourth-order valence-corrected chi connectivity index (χ4v) is 5.56. The number of hydrogen-bond acceptors (Lipinski definition) is 10. The molecule has 0 spiro atoms. The number of nitrogens with one attached hydrogen (secondary N) is 2. The predicted molar refractivity (Wildman–Crippen MR) is 139 cm³/mol. The Morgan fingerprint density at radius 2 is 2.05 bits per heavy atom. The first-order chi connectivity index (χ1) is 18.5. The molecule has 0 aliphatic carbocycles. The van der Waals surface area contributed by atoms with Gasteiger partial charge in [0.25, 0.3) is 0 Å². The minimum Gasteiger partial charge on any atom is -0.489 e. The number of ether oxygens (including phenoxy) is 1. The zero-order valence-corrected chi connectivity index (χ0v) is 22.4. The van der Waals surface area contributed by atoms with Gasteiger partial charge in [-0.1, -0.05) is 0 Å². The van der Waals surface area contributed by atoms with E-state index in [2.05, 4.69) is 49.8 Å². The van der Waals surface area contributed by atoms with Crippen LogP contribution in [0.4, 0.5) is 26.2 Å². The van der Waals surface area contributed by atoms with Crippen molar-refractivity contribution in [3.63, 3.8) is 0 Å². The van der Waals surface area contributed by atoms with Crippen LogP contribution < -0.4 is 21.1 Å². The molecule has 39 heavy (non-hydrogen) atoms. The molecule has 3 aromatic rings. The summed E-state index contributed by atoms with van der Waals surface area (Å²) in [4.78, 5) is 23.3. The normalized spacial score (nSPS) is 21.4. The van der Waals surface area contributed by atoms with E-state index >= 15 is 4.39 Å². The monoisotopic (exact) mass is 545 g/mol. The van der Waals surface area contributed by atoms with Gasteiger partial charge >= 0.3 is 5.69 Å². The summed E-state index contributed by atoms with van der Waals surface area (Å²) in [5, 5.41) is 23.1. The highest BCUT2D eigenvalue weighted by Gasteiger charge is 2.43. The molecular formula is C25H33F2N9O3. The fraction of sp³-hybridized carbons (Fsp3) is 0.560. The lowest BCUT2D eigenvalue weighted by Gasteiger charge is -2.47. The quantitative estimate of drug-likeness (QED) is 0.387. The number of piperidine rings is 1. The number of nitrogens with zero attached hydrogens (tertiary/aromatic N) is 7.